The van der Waals surface area contributed by atoms with Gasteiger partial charge in [-0.3, -0.25) is 0 Å². The van der Waals surface area contributed by atoms with E-state index >= 15 is 0 Å². The van der Waals surface area contributed by atoms with Crippen LogP contribution in [0.5, 0.6) is 0 Å². The number of alkyl halides is 1. The van der Waals surface area contributed by atoms with E-state index in [1.165, 1.54) is 12.5 Å². The minimum absolute atomic E-state index is 0.207. The second kappa shape index (κ2) is 4.42. The van der Waals surface area contributed by atoms with Crippen molar-refractivity contribution in [1.29, 1.82) is 0 Å². The first-order valence-corrected chi connectivity index (χ1v) is 4.79. The molecular weight excluding hydrogens is 199 g/mol. The number of halogens is 1. The average molecular weight is 214 g/mol. The number of carbonyl (C=O) groups excluding carboxylic acids is 1. The first kappa shape index (κ1) is 11.7. The van der Waals surface area contributed by atoms with E-state index in [0.29, 0.717) is 6.61 Å². The van der Waals surface area contributed by atoms with Crippen molar-refractivity contribution in [3.8, 4) is 0 Å². The Balaban J connectivity index is 2.85. The van der Waals surface area contributed by atoms with Crippen LogP contribution < -0.4 is 0 Å². The topological polar surface area (TPSA) is 44.1 Å². The molecule has 0 N–H and O–H groups in total. The summed E-state index contributed by atoms with van der Waals surface area (Å²) < 4.78 is 19.0. The SMILES string of the molecule is CCOC(=O)c1cn(C(C)(C)CF)cn1. The summed E-state index contributed by atoms with van der Waals surface area (Å²) in [5.41, 5.74) is -0.476. The Morgan fingerprint density at radius 2 is 2.33 bits per heavy atom. The van der Waals surface area contributed by atoms with Gasteiger partial charge in [-0.2, -0.15) is 0 Å². The van der Waals surface area contributed by atoms with E-state index < -0.39 is 18.2 Å². The van der Waals surface area contributed by atoms with Gasteiger partial charge in [0.25, 0.3) is 0 Å². The Bertz CT molecular complexity index is 347. The molecule has 0 aliphatic heterocycles. The molecule has 4 nitrogen and oxygen atoms in total. The number of hydrogen-bond acceptors (Lipinski definition) is 3. The van der Waals surface area contributed by atoms with Crippen molar-refractivity contribution < 1.29 is 13.9 Å². The highest BCUT2D eigenvalue weighted by molar-refractivity contribution is 5.86. The van der Waals surface area contributed by atoms with Crippen molar-refractivity contribution in [2.45, 2.75) is 26.3 Å². The fourth-order valence-corrected chi connectivity index (χ4v) is 1.03. The number of aromatic nitrogens is 2. The molecule has 0 aromatic carbocycles. The molecule has 0 spiro atoms. The second-order valence-electron chi connectivity index (χ2n) is 3.83. The van der Waals surface area contributed by atoms with Gasteiger partial charge in [0.1, 0.15) is 6.67 Å². The molecule has 0 radical (unpaired) electrons. The van der Waals surface area contributed by atoms with E-state index in [1.54, 1.807) is 25.3 Å². The molecule has 1 aromatic heterocycles. The predicted octanol–water partition coefficient (Wildman–Crippen LogP) is 1.76. The number of imidazole rings is 1. The fraction of sp³-hybridized carbons (Fsp3) is 0.600. The van der Waals surface area contributed by atoms with Crippen LogP contribution in [0.2, 0.25) is 0 Å². The van der Waals surface area contributed by atoms with Gasteiger partial charge in [-0.1, -0.05) is 0 Å². The highest BCUT2D eigenvalue weighted by Gasteiger charge is 2.21. The summed E-state index contributed by atoms with van der Waals surface area (Å²) in [6, 6.07) is 0. The monoisotopic (exact) mass is 214 g/mol. The van der Waals surface area contributed by atoms with Crippen LogP contribution in [0.25, 0.3) is 0 Å². The van der Waals surface area contributed by atoms with E-state index in [0.717, 1.165) is 0 Å². The average Bonchev–Trinajstić information content (AvgIpc) is 2.67. The second-order valence-corrected chi connectivity index (χ2v) is 3.83. The molecule has 15 heavy (non-hydrogen) atoms. The van der Waals surface area contributed by atoms with Gasteiger partial charge < -0.3 is 9.30 Å². The van der Waals surface area contributed by atoms with Gasteiger partial charge in [0, 0.05) is 6.20 Å². The first-order chi connectivity index (χ1) is 7.01. The summed E-state index contributed by atoms with van der Waals surface area (Å²) in [7, 11) is 0. The third kappa shape index (κ3) is 2.55. The number of ether oxygens (including phenoxy) is 1. The maximum Gasteiger partial charge on any atom is 0.358 e. The molecule has 84 valence electrons. The summed E-state index contributed by atoms with van der Waals surface area (Å²) in [5, 5.41) is 0. The largest absolute Gasteiger partial charge is 0.461 e. The van der Waals surface area contributed by atoms with Crippen LogP contribution in [0.1, 0.15) is 31.3 Å². The smallest absolute Gasteiger partial charge is 0.358 e. The molecule has 1 aromatic rings. The first-order valence-electron chi connectivity index (χ1n) is 4.79. The Hall–Kier alpha value is -1.39. The molecule has 0 aliphatic rings. The van der Waals surface area contributed by atoms with Crippen LogP contribution in [-0.4, -0.2) is 28.8 Å². The van der Waals surface area contributed by atoms with Gasteiger partial charge in [0.2, 0.25) is 0 Å². The van der Waals surface area contributed by atoms with Crippen LogP contribution in [0.4, 0.5) is 4.39 Å². The van der Waals surface area contributed by atoms with Crippen molar-refractivity contribution in [3.63, 3.8) is 0 Å². The molecule has 1 heterocycles. The van der Waals surface area contributed by atoms with E-state index in [4.69, 9.17) is 4.74 Å². The van der Waals surface area contributed by atoms with E-state index in [-0.39, 0.29) is 5.69 Å². The minimum atomic E-state index is -0.683. The zero-order valence-corrected chi connectivity index (χ0v) is 9.16. The molecular formula is C10H15FN2O2. The standard InChI is InChI=1S/C10H15FN2O2/c1-4-15-9(14)8-5-13(7-12-8)10(2,3)6-11/h5,7H,4,6H2,1-3H3. The summed E-state index contributed by atoms with van der Waals surface area (Å²) in [5.74, 6) is -0.481. The summed E-state index contributed by atoms with van der Waals surface area (Å²) in [6.45, 7) is 4.96. The van der Waals surface area contributed by atoms with Crippen molar-refractivity contribution in [2.75, 3.05) is 13.3 Å². The minimum Gasteiger partial charge on any atom is -0.461 e. The molecule has 0 saturated heterocycles. The molecule has 1 rings (SSSR count). The molecule has 5 heteroatoms. The zero-order chi connectivity index (χ0) is 11.5. The van der Waals surface area contributed by atoms with Gasteiger partial charge in [0.15, 0.2) is 5.69 Å². The quantitative estimate of drug-likeness (QED) is 0.717. The normalized spacial score (nSPS) is 11.5. The predicted molar refractivity (Wildman–Crippen MR) is 53.5 cm³/mol. The van der Waals surface area contributed by atoms with E-state index in [2.05, 4.69) is 4.98 Å². The van der Waals surface area contributed by atoms with Crippen LogP contribution in [0, 0.1) is 0 Å². The Kier molecular flexibility index (Phi) is 3.44. The lowest BCUT2D eigenvalue weighted by Gasteiger charge is -2.21. The van der Waals surface area contributed by atoms with Gasteiger partial charge in [-0.15, -0.1) is 0 Å². The molecule has 0 unspecified atom stereocenters. The molecule has 0 amide bonds. The zero-order valence-electron chi connectivity index (χ0n) is 9.16. The Morgan fingerprint density at radius 1 is 1.67 bits per heavy atom. The summed E-state index contributed by atoms with van der Waals surface area (Å²) in [6.07, 6.45) is 2.93. The Morgan fingerprint density at radius 3 is 2.87 bits per heavy atom. The number of nitrogens with zero attached hydrogens (tertiary/aromatic N) is 2. The van der Waals surface area contributed by atoms with Crippen LogP contribution >= 0.6 is 0 Å². The highest BCUT2D eigenvalue weighted by Crippen LogP contribution is 2.16. The van der Waals surface area contributed by atoms with E-state index in [9.17, 15) is 9.18 Å². The molecule has 0 atom stereocenters. The molecule has 0 fully saturated rings. The highest BCUT2D eigenvalue weighted by atomic mass is 19.1. The van der Waals surface area contributed by atoms with Crippen molar-refractivity contribution in [3.05, 3.63) is 18.2 Å². The molecule has 0 saturated carbocycles. The van der Waals surface area contributed by atoms with E-state index in [1.807, 2.05) is 0 Å². The van der Waals surface area contributed by atoms with Gasteiger partial charge in [-0.25, -0.2) is 14.2 Å². The van der Waals surface area contributed by atoms with Crippen LogP contribution in [0.3, 0.4) is 0 Å². The van der Waals surface area contributed by atoms with Gasteiger partial charge in [-0.05, 0) is 20.8 Å². The maximum absolute atomic E-state index is 12.7. The lowest BCUT2D eigenvalue weighted by molar-refractivity contribution is 0.0520. The van der Waals surface area contributed by atoms with Gasteiger partial charge in [0.05, 0.1) is 18.5 Å². The van der Waals surface area contributed by atoms with Crippen molar-refractivity contribution >= 4 is 5.97 Å². The summed E-state index contributed by atoms with van der Waals surface area (Å²) in [4.78, 5) is 15.2. The summed E-state index contributed by atoms with van der Waals surface area (Å²) >= 11 is 0. The number of carbonyl (C=O) groups is 1. The van der Waals surface area contributed by atoms with Crippen LogP contribution in [0.15, 0.2) is 12.5 Å². The third-order valence-corrected chi connectivity index (χ3v) is 2.09. The fourth-order valence-electron chi connectivity index (χ4n) is 1.03. The number of esters is 1. The lowest BCUT2D eigenvalue weighted by Crippen LogP contribution is -2.27. The third-order valence-electron chi connectivity index (χ3n) is 2.09. The van der Waals surface area contributed by atoms with Crippen LogP contribution in [-0.2, 0) is 10.3 Å². The number of rotatable bonds is 4. The number of hydrogen-bond donors (Lipinski definition) is 0. The van der Waals surface area contributed by atoms with Crippen molar-refractivity contribution in [2.24, 2.45) is 0 Å². The lowest BCUT2D eigenvalue weighted by atomic mass is 10.1. The Labute approximate surface area is 88.1 Å². The molecule has 0 bridgehead atoms. The molecule has 0 aliphatic carbocycles. The van der Waals surface area contributed by atoms with Crippen molar-refractivity contribution in [1.82, 2.24) is 9.55 Å². The van der Waals surface area contributed by atoms with Gasteiger partial charge >= 0.3 is 5.97 Å². The maximum atomic E-state index is 12.7.